The number of fused-ring (bicyclic) bond motifs is 1. The summed E-state index contributed by atoms with van der Waals surface area (Å²) in [6.45, 7) is 0. The van der Waals surface area contributed by atoms with Crippen LogP contribution in [-0.4, -0.2) is 15.0 Å². The Balaban J connectivity index is 1.77. The van der Waals surface area contributed by atoms with Gasteiger partial charge in [-0.1, -0.05) is 0 Å². The van der Waals surface area contributed by atoms with Gasteiger partial charge in [0.05, 0.1) is 0 Å². The van der Waals surface area contributed by atoms with Crippen molar-refractivity contribution < 1.29 is 0 Å². The molecule has 1 heteroatoms. The van der Waals surface area contributed by atoms with Crippen molar-refractivity contribution in [3.05, 3.63) is 83.3 Å². The fraction of sp³-hybridized carbons (Fsp3) is 0. The summed E-state index contributed by atoms with van der Waals surface area (Å²) in [5.41, 5.74) is 1.27. The average molecular weight is 309 g/mol. The van der Waals surface area contributed by atoms with E-state index in [0.29, 0.717) is 15.0 Å². The van der Waals surface area contributed by atoms with Gasteiger partial charge in [0.1, 0.15) is 0 Å². The first-order valence-electron chi connectivity index (χ1n) is 6.29. The van der Waals surface area contributed by atoms with Crippen molar-refractivity contribution in [3.8, 4) is 0 Å². The zero-order valence-corrected chi connectivity index (χ0v) is 12.2. The molecule has 0 aromatic heterocycles. The fourth-order valence-corrected chi connectivity index (χ4v) is 3.51. The minimum absolute atomic E-state index is 0.389. The molecule has 0 nitrogen and oxygen atoms in total. The van der Waals surface area contributed by atoms with Crippen LogP contribution in [0.4, 0.5) is 0 Å². The maximum absolute atomic E-state index is 2.30. The zero-order chi connectivity index (χ0) is 12.9. The SMILES string of the molecule is C(=C\c1ccccc1)/[Se]c1ccc2ccccc2c1. The molecule has 0 amide bonds. The molecule has 3 rings (SSSR count). The molecule has 0 radical (unpaired) electrons. The monoisotopic (exact) mass is 310 g/mol. The summed E-state index contributed by atoms with van der Waals surface area (Å²) in [7, 11) is 0. The molecule has 0 bridgehead atoms. The van der Waals surface area contributed by atoms with Gasteiger partial charge in [0, 0.05) is 0 Å². The summed E-state index contributed by atoms with van der Waals surface area (Å²) in [6, 6.07) is 25.7. The van der Waals surface area contributed by atoms with E-state index in [2.05, 4.69) is 77.8 Å². The summed E-state index contributed by atoms with van der Waals surface area (Å²) in [5.74, 6) is 0. The second kappa shape index (κ2) is 5.88. The Labute approximate surface area is 119 Å². The molecular formula is C18H14Se. The topological polar surface area (TPSA) is 0 Å². The van der Waals surface area contributed by atoms with Crippen LogP contribution in [0.15, 0.2) is 77.8 Å². The average Bonchev–Trinajstić information content (AvgIpc) is 2.48. The second-order valence-corrected chi connectivity index (χ2v) is 6.39. The minimum atomic E-state index is 0.389. The fourth-order valence-electron chi connectivity index (χ4n) is 2.00. The van der Waals surface area contributed by atoms with Gasteiger partial charge in [-0.2, -0.15) is 0 Å². The molecule has 3 aromatic rings. The van der Waals surface area contributed by atoms with E-state index in [1.165, 1.54) is 20.8 Å². The molecule has 0 aliphatic carbocycles. The van der Waals surface area contributed by atoms with E-state index in [1.54, 1.807) is 0 Å². The van der Waals surface area contributed by atoms with E-state index >= 15 is 0 Å². The maximum atomic E-state index is 2.30. The first-order chi connectivity index (χ1) is 9.42. The van der Waals surface area contributed by atoms with Crippen molar-refractivity contribution in [3.63, 3.8) is 0 Å². The summed E-state index contributed by atoms with van der Waals surface area (Å²) in [6.07, 6.45) is 2.20. The Morgan fingerprint density at radius 1 is 0.684 bits per heavy atom. The number of hydrogen-bond donors (Lipinski definition) is 0. The van der Waals surface area contributed by atoms with Crippen LogP contribution >= 0.6 is 0 Å². The Morgan fingerprint density at radius 2 is 1.42 bits per heavy atom. The van der Waals surface area contributed by atoms with Crippen molar-refractivity contribution in [1.29, 1.82) is 0 Å². The van der Waals surface area contributed by atoms with Gasteiger partial charge in [0.25, 0.3) is 0 Å². The molecule has 0 aliphatic rings. The molecule has 0 saturated carbocycles. The van der Waals surface area contributed by atoms with Crippen LogP contribution in [0.5, 0.6) is 0 Å². The molecule has 19 heavy (non-hydrogen) atoms. The summed E-state index contributed by atoms with van der Waals surface area (Å²) < 4.78 is 1.42. The van der Waals surface area contributed by atoms with Gasteiger partial charge in [-0.15, -0.1) is 0 Å². The first kappa shape index (κ1) is 12.2. The second-order valence-electron chi connectivity index (χ2n) is 4.34. The summed E-state index contributed by atoms with van der Waals surface area (Å²) >= 11 is 0.389. The van der Waals surface area contributed by atoms with Crippen molar-refractivity contribution in [2.24, 2.45) is 0 Å². The Kier molecular flexibility index (Phi) is 3.78. The van der Waals surface area contributed by atoms with Crippen LogP contribution < -0.4 is 4.46 Å². The molecular weight excluding hydrogens is 295 g/mol. The van der Waals surface area contributed by atoms with Crippen molar-refractivity contribution >= 4 is 36.3 Å². The standard InChI is InChI=1S/C18H14Se/c1-2-6-15(7-3-1)12-13-19-18-11-10-16-8-4-5-9-17(16)14-18/h1-14H/b13-12+. The number of hydrogen-bond acceptors (Lipinski definition) is 0. The van der Waals surface area contributed by atoms with Crippen LogP contribution in [0.25, 0.3) is 16.8 Å². The number of rotatable bonds is 3. The molecule has 0 N–H and O–H groups in total. The predicted octanol–water partition coefficient (Wildman–Crippen LogP) is 3.84. The van der Waals surface area contributed by atoms with Gasteiger partial charge in [0.2, 0.25) is 0 Å². The van der Waals surface area contributed by atoms with E-state index in [-0.39, 0.29) is 0 Å². The number of benzene rings is 3. The molecule has 0 unspecified atom stereocenters. The first-order valence-corrected chi connectivity index (χ1v) is 8.13. The van der Waals surface area contributed by atoms with Gasteiger partial charge in [0.15, 0.2) is 0 Å². The van der Waals surface area contributed by atoms with Crippen LogP contribution in [0.1, 0.15) is 5.56 Å². The molecule has 3 aromatic carbocycles. The molecule has 0 heterocycles. The summed E-state index contributed by atoms with van der Waals surface area (Å²) in [4.78, 5) is 2.28. The van der Waals surface area contributed by atoms with Crippen molar-refractivity contribution in [2.75, 3.05) is 0 Å². The van der Waals surface area contributed by atoms with E-state index in [4.69, 9.17) is 0 Å². The molecule has 0 atom stereocenters. The third-order valence-electron chi connectivity index (χ3n) is 2.99. The molecule has 0 fully saturated rings. The third-order valence-corrected chi connectivity index (χ3v) is 4.66. The van der Waals surface area contributed by atoms with Gasteiger partial charge >= 0.3 is 120 Å². The van der Waals surface area contributed by atoms with Crippen LogP contribution in [-0.2, 0) is 0 Å². The van der Waals surface area contributed by atoms with Gasteiger partial charge in [-0.25, -0.2) is 0 Å². The van der Waals surface area contributed by atoms with E-state index < -0.39 is 0 Å². The quantitative estimate of drug-likeness (QED) is 0.645. The van der Waals surface area contributed by atoms with Crippen LogP contribution in [0.2, 0.25) is 0 Å². The molecule has 92 valence electrons. The van der Waals surface area contributed by atoms with Gasteiger partial charge in [-0.3, -0.25) is 0 Å². The van der Waals surface area contributed by atoms with E-state index in [1.807, 2.05) is 6.07 Å². The van der Waals surface area contributed by atoms with Gasteiger partial charge in [-0.05, 0) is 0 Å². The predicted molar refractivity (Wildman–Crippen MR) is 84.8 cm³/mol. The normalized spacial score (nSPS) is 11.2. The molecule has 0 aliphatic heterocycles. The Bertz CT molecular complexity index is 699. The van der Waals surface area contributed by atoms with Crippen LogP contribution in [0.3, 0.4) is 0 Å². The third kappa shape index (κ3) is 3.14. The molecule has 0 saturated heterocycles. The van der Waals surface area contributed by atoms with E-state index in [0.717, 1.165) is 0 Å². The zero-order valence-electron chi connectivity index (χ0n) is 10.5. The van der Waals surface area contributed by atoms with Crippen molar-refractivity contribution in [2.45, 2.75) is 0 Å². The van der Waals surface area contributed by atoms with E-state index in [9.17, 15) is 0 Å². The van der Waals surface area contributed by atoms with Crippen molar-refractivity contribution in [1.82, 2.24) is 0 Å². The van der Waals surface area contributed by atoms with Crippen LogP contribution in [0, 0.1) is 0 Å². The molecule has 0 spiro atoms. The Morgan fingerprint density at radius 3 is 2.26 bits per heavy atom. The van der Waals surface area contributed by atoms with Gasteiger partial charge < -0.3 is 0 Å². The summed E-state index contributed by atoms with van der Waals surface area (Å²) in [5, 5.41) is 2.64. The Hall–Kier alpha value is -1.82.